The van der Waals surface area contributed by atoms with E-state index < -0.39 is 0 Å². The van der Waals surface area contributed by atoms with Crippen LogP contribution in [-0.2, 0) is 20.9 Å². The number of likely N-dealkylation sites (tertiary alicyclic amines) is 1. The minimum absolute atomic E-state index is 0.120. The van der Waals surface area contributed by atoms with Crippen LogP contribution in [0.2, 0.25) is 0 Å². The average Bonchev–Trinajstić information content (AvgIpc) is 3.10. The molecular formula is C21H30N4O3. The number of rotatable bonds is 4. The van der Waals surface area contributed by atoms with Crippen LogP contribution in [0.1, 0.15) is 31.7 Å². The zero-order valence-corrected chi connectivity index (χ0v) is 17.0. The number of amides is 1. The van der Waals surface area contributed by atoms with Gasteiger partial charge in [-0.3, -0.25) is 14.6 Å². The summed E-state index contributed by atoms with van der Waals surface area (Å²) in [6, 6.07) is 8.10. The topological polar surface area (TPSA) is 74.2 Å². The van der Waals surface area contributed by atoms with Crippen LogP contribution in [0.3, 0.4) is 0 Å². The Morgan fingerprint density at radius 1 is 1.25 bits per heavy atom. The first-order valence-electron chi connectivity index (χ1n) is 9.96. The van der Waals surface area contributed by atoms with Crippen LogP contribution in [0.4, 0.5) is 5.69 Å². The third-order valence-electron chi connectivity index (χ3n) is 5.65. The maximum Gasteiger partial charge on any atom is 0.310 e. The summed E-state index contributed by atoms with van der Waals surface area (Å²) in [5, 5.41) is 3.38. The van der Waals surface area contributed by atoms with Gasteiger partial charge in [-0.1, -0.05) is 19.1 Å². The molecule has 152 valence electrons. The number of nitrogens with one attached hydrogen (secondary N) is 1. The second kappa shape index (κ2) is 9.08. The minimum Gasteiger partial charge on any atom is -0.469 e. The molecule has 1 aromatic carbocycles. The van der Waals surface area contributed by atoms with Crippen LogP contribution in [0.5, 0.6) is 0 Å². The van der Waals surface area contributed by atoms with Crippen molar-refractivity contribution in [2.45, 2.75) is 32.7 Å². The Bertz CT molecular complexity index is 732. The van der Waals surface area contributed by atoms with E-state index in [1.807, 2.05) is 29.2 Å². The third-order valence-corrected chi connectivity index (χ3v) is 5.65. The van der Waals surface area contributed by atoms with E-state index in [1.165, 1.54) is 7.11 Å². The molecule has 3 rings (SSSR count). The molecule has 7 heteroatoms. The number of methoxy groups -OCH3 is 1. The van der Waals surface area contributed by atoms with Gasteiger partial charge in [0, 0.05) is 45.3 Å². The number of piperidine rings is 1. The molecule has 0 saturated carbocycles. The fraction of sp³-hybridized carbons (Fsp3) is 0.571. The second-order valence-corrected chi connectivity index (χ2v) is 7.58. The van der Waals surface area contributed by atoms with Gasteiger partial charge in [0.1, 0.15) is 0 Å². The molecule has 0 spiro atoms. The summed E-state index contributed by atoms with van der Waals surface area (Å²) in [7, 11) is 3.19. The van der Waals surface area contributed by atoms with Crippen molar-refractivity contribution in [1.29, 1.82) is 0 Å². The largest absolute Gasteiger partial charge is 0.469 e. The van der Waals surface area contributed by atoms with E-state index >= 15 is 0 Å². The number of hydrogen-bond donors (Lipinski definition) is 1. The molecule has 2 heterocycles. The highest BCUT2D eigenvalue weighted by Gasteiger charge is 2.36. The summed E-state index contributed by atoms with van der Waals surface area (Å²) in [6.07, 6.45) is 2.69. The molecule has 2 aliphatic heterocycles. The average molecular weight is 386 g/mol. The molecule has 2 atom stereocenters. The van der Waals surface area contributed by atoms with E-state index in [1.54, 1.807) is 7.05 Å². The molecule has 2 fully saturated rings. The smallest absolute Gasteiger partial charge is 0.310 e. The summed E-state index contributed by atoms with van der Waals surface area (Å²) >= 11 is 0. The number of carbonyl (C=O) groups is 2. The fourth-order valence-corrected chi connectivity index (χ4v) is 3.98. The van der Waals surface area contributed by atoms with Crippen molar-refractivity contribution in [1.82, 2.24) is 10.2 Å². The molecule has 2 unspecified atom stereocenters. The number of benzene rings is 1. The first kappa shape index (κ1) is 20.2. The normalized spacial score (nSPS) is 23.1. The Kier molecular flexibility index (Phi) is 6.54. The van der Waals surface area contributed by atoms with Crippen molar-refractivity contribution in [3.8, 4) is 0 Å². The molecule has 2 saturated heterocycles. The van der Waals surface area contributed by atoms with E-state index in [2.05, 4.69) is 22.1 Å². The van der Waals surface area contributed by atoms with Crippen molar-refractivity contribution < 1.29 is 14.3 Å². The van der Waals surface area contributed by atoms with Crippen LogP contribution >= 0.6 is 0 Å². The van der Waals surface area contributed by atoms with Gasteiger partial charge in [-0.2, -0.15) is 0 Å². The number of nitrogens with zero attached hydrogens (tertiary/aromatic N) is 3. The molecular weight excluding hydrogens is 356 g/mol. The van der Waals surface area contributed by atoms with Gasteiger partial charge >= 0.3 is 5.97 Å². The molecule has 0 bridgehead atoms. The van der Waals surface area contributed by atoms with Gasteiger partial charge < -0.3 is 19.9 Å². The van der Waals surface area contributed by atoms with E-state index in [0.717, 1.165) is 43.1 Å². The van der Waals surface area contributed by atoms with Gasteiger partial charge in [0.2, 0.25) is 5.91 Å². The van der Waals surface area contributed by atoms with Gasteiger partial charge in [0.25, 0.3) is 0 Å². The quantitative estimate of drug-likeness (QED) is 0.487. The number of aliphatic imine (C=N–C) groups is 1. The van der Waals surface area contributed by atoms with E-state index in [-0.39, 0.29) is 23.7 Å². The predicted octanol–water partition coefficient (Wildman–Crippen LogP) is 2.02. The Morgan fingerprint density at radius 2 is 2.00 bits per heavy atom. The third kappa shape index (κ3) is 4.46. The first-order chi connectivity index (χ1) is 13.5. The zero-order valence-electron chi connectivity index (χ0n) is 17.0. The number of guanidine groups is 1. The monoisotopic (exact) mass is 386 g/mol. The Hall–Kier alpha value is -2.57. The van der Waals surface area contributed by atoms with Crippen molar-refractivity contribution >= 4 is 23.5 Å². The van der Waals surface area contributed by atoms with Crippen molar-refractivity contribution in [3.05, 3.63) is 29.8 Å². The van der Waals surface area contributed by atoms with Crippen LogP contribution in [0, 0.1) is 11.8 Å². The zero-order chi connectivity index (χ0) is 20.1. The first-order valence-corrected chi connectivity index (χ1v) is 9.96. The lowest BCUT2D eigenvalue weighted by atomic mass is 9.99. The summed E-state index contributed by atoms with van der Waals surface area (Å²) in [6.45, 7) is 4.89. The Morgan fingerprint density at radius 3 is 2.64 bits per heavy atom. The van der Waals surface area contributed by atoms with Crippen molar-refractivity contribution in [2.24, 2.45) is 16.8 Å². The maximum absolute atomic E-state index is 12.1. The molecule has 2 aliphatic rings. The molecule has 1 N–H and O–H groups in total. The number of carbonyl (C=O) groups excluding carboxylic acids is 2. The second-order valence-electron chi connectivity index (χ2n) is 7.58. The highest BCUT2D eigenvalue weighted by atomic mass is 16.5. The summed E-state index contributed by atoms with van der Waals surface area (Å²) < 4.78 is 4.91. The van der Waals surface area contributed by atoms with Crippen LogP contribution in [-0.4, -0.2) is 56.5 Å². The lowest BCUT2D eigenvalue weighted by Crippen LogP contribution is -2.40. The number of ether oxygens (including phenoxy) is 1. The summed E-state index contributed by atoms with van der Waals surface area (Å²) in [5.41, 5.74) is 2.08. The van der Waals surface area contributed by atoms with E-state index in [9.17, 15) is 9.59 Å². The highest BCUT2D eigenvalue weighted by Crippen LogP contribution is 2.24. The molecule has 0 aromatic heterocycles. The Balaban J connectivity index is 1.57. The molecule has 1 aromatic rings. The highest BCUT2D eigenvalue weighted by molar-refractivity contribution is 5.94. The van der Waals surface area contributed by atoms with Crippen LogP contribution in [0.25, 0.3) is 0 Å². The van der Waals surface area contributed by atoms with Gasteiger partial charge in [0.15, 0.2) is 5.96 Å². The lowest BCUT2D eigenvalue weighted by Gasteiger charge is -2.27. The number of anilines is 1. The van der Waals surface area contributed by atoms with Crippen molar-refractivity contribution in [2.75, 3.05) is 38.7 Å². The minimum atomic E-state index is -0.159. The molecule has 28 heavy (non-hydrogen) atoms. The molecule has 1 amide bonds. The lowest BCUT2D eigenvalue weighted by molar-refractivity contribution is -0.146. The number of esters is 1. The Labute approximate surface area is 166 Å². The molecule has 0 aliphatic carbocycles. The van der Waals surface area contributed by atoms with Gasteiger partial charge in [-0.05, 0) is 36.5 Å². The SMILES string of the molecule is CN=C(NCc1ccc(N2CCCCC2=O)cc1)N1CC(C)C(C(=O)OC)C1. The van der Waals surface area contributed by atoms with E-state index in [4.69, 9.17) is 4.74 Å². The summed E-state index contributed by atoms with van der Waals surface area (Å²) in [4.78, 5) is 32.3. The van der Waals surface area contributed by atoms with Crippen LogP contribution in [0.15, 0.2) is 29.3 Å². The van der Waals surface area contributed by atoms with Gasteiger partial charge in [-0.25, -0.2) is 0 Å². The number of hydrogen-bond acceptors (Lipinski definition) is 4. The molecule has 0 radical (unpaired) electrons. The van der Waals surface area contributed by atoms with E-state index in [0.29, 0.717) is 19.5 Å². The maximum atomic E-state index is 12.1. The van der Waals surface area contributed by atoms with Gasteiger partial charge in [-0.15, -0.1) is 0 Å². The molecule has 7 nitrogen and oxygen atoms in total. The summed E-state index contributed by atoms with van der Waals surface area (Å²) in [5.74, 6) is 0.944. The predicted molar refractivity (Wildman–Crippen MR) is 109 cm³/mol. The van der Waals surface area contributed by atoms with Gasteiger partial charge in [0.05, 0.1) is 13.0 Å². The fourth-order valence-electron chi connectivity index (χ4n) is 3.98. The standard InChI is InChI=1S/C21H30N4O3/c1-15-13-24(14-18(15)20(27)28-3)21(22-2)23-12-16-7-9-17(10-8-16)25-11-5-4-6-19(25)26/h7-10,15,18H,4-6,11-14H2,1-3H3,(H,22,23). The van der Waals surface area contributed by atoms with Crippen LogP contribution < -0.4 is 10.2 Å². The van der Waals surface area contributed by atoms with Crippen molar-refractivity contribution in [3.63, 3.8) is 0 Å².